The molecule has 0 amide bonds. The number of unbranched alkanes of at least 4 members (excludes halogenated alkanes) is 1. The van der Waals surface area contributed by atoms with Gasteiger partial charge >= 0.3 is 0 Å². The van der Waals surface area contributed by atoms with Gasteiger partial charge in [-0.2, -0.15) is 0 Å². The van der Waals surface area contributed by atoms with Crippen LogP contribution in [0.15, 0.2) is 18.2 Å². The molecule has 0 aliphatic heterocycles. The molecule has 21 heavy (non-hydrogen) atoms. The van der Waals surface area contributed by atoms with Crippen molar-refractivity contribution in [2.24, 2.45) is 0 Å². The summed E-state index contributed by atoms with van der Waals surface area (Å²) in [6, 6.07) is 4.16. The maximum absolute atomic E-state index is 11.8. The van der Waals surface area contributed by atoms with E-state index in [1.54, 1.807) is 0 Å². The lowest BCUT2D eigenvalue weighted by Gasteiger charge is -2.10. The minimum Gasteiger partial charge on any atom is -0.284 e. The number of hydrogen-bond acceptors (Lipinski definition) is 4. The molecule has 1 aromatic rings. The van der Waals surface area contributed by atoms with Crippen LogP contribution < -0.4 is 9.44 Å². The third-order valence-corrected chi connectivity index (χ3v) is 4.88. The van der Waals surface area contributed by atoms with Crippen molar-refractivity contribution >= 4 is 54.6 Å². The van der Waals surface area contributed by atoms with Crippen LogP contribution in [0.2, 0.25) is 5.02 Å². The zero-order valence-corrected chi connectivity index (χ0v) is 14.4. The van der Waals surface area contributed by atoms with Crippen LogP contribution >= 0.6 is 23.2 Å². The highest BCUT2D eigenvalue weighted by Gasteiger charge is 2.12. The highest BCUT2D eigenvalue weighted by atomic mass is 35.5. The Morgan fingerprint density at radius 1 is 1.10 bits per heavy atom. The molecule has 0 atom stereocenters. The van der Waals surface area contributed by atoms with E-state index in [0.29, 0.717) is 18.7 Å². The van der Waals surface area contributed by atoms with E-state index in [4.69, 9.17) is 23.2 Å². The van der Waals surface area contributed by atoms with Gasteiger partial charge in [-0.1, -0.05) is 11.6 Å². The number of halogens is 2. The van der Waals surface area contributed by atoms with E-state index in [-0.39, 0.29) is 22.2 Å². The Labute approximate surface area is 134 Å². The maximum Gasteiger partial charge on any atom is 0.232 e. The summed E-state index contributed by atoms with van der Waals surface area (Å²) in [4.78, 5) is 0. The van der Waals surface area contributed by atoms with Crippen molar-refractivity contribution in [2.75, 3.05) is 27.3 Å². The van der Waals surface area contributed by atoms with Crippen LogP contribution in [-0.4, -0.2) is 34.7 Å². The number of nitrogens with one attached hydrogen (secondary N) is 2. The van der Waals surface area contributed by atoms with Crippen LogP contribution in [0.25, 0.3) is 0 Å². The molecule has 0 saturated carbocycles. The zero-order valence-electron chi connectivity index (χ0n) is 11.3. The van der Waals surface area contributed by atoms with Crippen LogP contribution in [0.1, 0.15) is 12.8 Å². The van der Waals surface area contributed by atoms with Crippen LogP contribution in [0.4, 0.5) is 11.4 Å². The summed E-state index contributed by atoms with van der Waals surface area (Å²) >= 11 is 11.4. The predicted octanol–water partition coefficient (Wildman–Crippen LogP) is 2.47. The molecule has 0 unspecified atom stereocenters. The summed E-state index contributed by atoms with van der Waals surface area (Å²) in [5.74, 6) is 0.369. The fourth-order valence-corrected chi connectivity index (χ4v) is 3.70. The number of alkyl halides is 1. The van der Waals surface area contributed by atoms with Crippen molar-refractivity contribution < 1.29 is 16.8 Å². The van der Waals surface area contributed by atoms with Crippen LogP contribution in [0.5, 0.6) is 0 Å². The number of hydrogen-bond donors (Lipinski definition) is 2. The van der Waals surface area contributed by atoms with Crippen molar-refractivity contribution in [1.29, 1.82) is 0 Å². The van der Waals surface area contributed by atoms with Gasteiger partial charge in [0.05, 0.1) is 28.4 Å². The van der Waals surface area contributed by atoms with Gasteiger partial charge in [-0.15, -0.1) is 11.6 Å². The average Bonchev–Trinajstić information content (AvgIpc) is 2.31. The van der Waals surface area contributed by atoms with Crippen molar-refractivity contribution in [2.45, 2.75) is 12.8 Å². The van der Waals surface area contributed by atoms with Gasteiger partial charge in [-0.3, -0.25) is 9.44 Å². The Kier molecular flexibility index (Phi) is 6.58. The molecule has 0 spiro atoms. The smallest absolute Gasteiger partial charge is 0.232 e. The molecule has 0 fully saturated rings. The van der Waals surface area contributed by atoms with Crippen molar-refractivity contribution in [3.05, 3.63) is 23.2 Å². The summed E-state index contributed by atoms with van der Waals surface area (Å²) in [5.41, 5.74) is 0.453. The van der Waals surface area contributed by atoms with Gasteiger partial charge < -0.3 is 0 Å². The second kappa shape index (κ2) is 7.53. The van der Waals surface area contributed by atoms with E-state index in [2.05, 4.69) is 9.44 Å². The Morgan fingerprint density at radius 2 is 1.76 bits per heavy atom. The Bertz CT molecular complexity index is 690. The molecule has 120 valence electrons. The Balaban J connectivity index is 2.80. The van der Waals surface area contributed by atoms with E-state index in [0.717, 1.165) is 6.26 Å². The monoisotopic (exact) mass is 374 g/mol. The molecule has 6 nitrogen and oxygen atoms in total. The standard InChI is InChI=1S/C11H16Cl2N2O4S2/c1-20(16,17)15-11-5-4-9(8-10(11)13)14-21(18,19)7-3-2-6-12/h4-5,8,14-15H,2-3,6-7H2,1H3. The quantitative estimate of drug-likeness (QED) is 0.539. The van der Waals surface area contributed by atoms with Crippen LogP contribution in [0, 0.1) is 0 Å². The van der Waals surface area contributed by atoms with Crippen molar-refractivity contribution in [3.63, 3.8) is 0 Å². The van der Waals surface area contributed by atoms with Crippen molar-refractivity contribution in [3.8, 4) is 0 Å². The van der Waals surface area contributed by atoms with E-state index >= 15 is 0 Å². The molecule has 0 heterocycles. The first-order valence-electron chi connectivity index (χ1n) is 5.97. The van der Waals surface area contributed by atoms with E-state index < -0.39 is 20.0 Å². The molecule has 0 aliphatic carbocycles. The largest absolute Gasteiger partial charge is 0.284 e. The topological polar surface area (TPSA) is 92.3 Å². The third kappa shape index (κ3) is 7.21. The lowest BCUT2D eigenvalue weighted by Crippen LogP contribution is -2.17. The molecule has 0 saturated heterocycles. The predicted molar refractivity (Wildman–Crippen MR) is 87.3 cm³/mol. The molecule has 1 rings (SSSR count). The minimum absolute atomic E-state index is 0.0410. The number of benzene rings is 1. The van der Waals surface area contributed by atoms with Crippen LogP contribution in [0.3, 0.4) is 0 Å². The van der Waals surface area contributed by atoms with Crippen molar-refractivity contribution in [1.82, 2.24) is 0 Å². The second-order valence-corrected chi connectivity index (χ2v) is 8.76. The second-order valence-electron chi connectivity index (χ2n) is 4.39. The molecule has 1 aromatic carbocycles. The minimum atomic E-state index is -3.48. The van der Waals surface area contributed by atoms with Gasteiger partial charge in [-0.05, 0) is 31.0 Å². The Morgan fingerprint density at radius 3 is 2.29 bits per heavy atom. The van der Waals surface area contributed by atoms with Gasteiger partial charge in [0.2, 0.25) is 20.0 Å². The van der Waals surface area contributed by atoms with Gasteiger partial charge in [0, 0.05) is 5.88 Å². The molecule has 0 aliphatic rings. The van der Waals surface area contributed by atoms with Gasteiger partial charge in [-0.25, -0.2) is 16.8 Å². The lowest BCUT2D eigenvalue weighted by molar-refractivity contribution is 0.597. The average molecular weight is 375 g/mol. The molecule has 10 heteroatoms. The van der Waals surface area contributed by atoms with E-state index in [1.165, 1.54) is 18.2 Å². The van der Waals surface area contributed by atoms with Gasteiger partial charge in [0.15, 0.2) is 0 Å². The highest BCUT2D eigenvalue weighted by molar-refractivity contribution is 7.92. The van der Waals surface area contributed by atoms with E-state index in [9.17, 15) is 16.8 Å². The SMILES string of the molecule is CS(=O)(=O)Nc1ccc(NS(=O)(=O)CCCCCl)cc1Cl. The molecule has 0 aromatic heterocycles. The highest BCUT2D eigenvalue weighted by Crippen LogP contribution is 2.26. The number of sulfonamides is 2. The fourth-order valence-electron chi connectivity index (χ4n) is 1.48. The number of rotatable bonds is 8. The van der Waals surface area contributed by atoms with Gasteiger partial charge in [0.1, 0.15) is 0 Å². The van der Waals surface area contributed by atoms with E-state index in [1.807, 2.05) is 0 Å². The first-order valence-corrected chi connectivity index (χ1v) is 10.4. The lowest BCUT2D eigenvalue weighted by atomic mass is 10.3. The first-order chi connectivity index (χ1) is 9.63. The Hall–Kier alpha value is -0.700. The molecular formula is C11H16Cl2N2O4S2. The summed E-state index contributed by atoms with van der Waals surface area (Å²) in [6.45, 7) is 0. The summed E-state index contributed by atoms with van der Waals surface area (Å²) in [7, 11) is -6.93. The maximum atomic E-state index is 11.8. The summed E-state index contributed by atoms with van der Waals surface area (Å²) < 4.78 is 50.4. The molecule has 0 bridgehead atoms. The van der Waals surface area contributed by atoms with Crippen LogP contribution in [-0.2, 0) is 20.0 Å². The third-order valence-electron chi connectivity index (χ3n) is 2.33. The number of anilines is 2. The fraction of sp³-hybridized carbons (Fsp3) is 0.455. The first kappa shape index (κ1) is 18.3. The normalized spacial score (nSPS) is 12.1. The molecular weight excluding hydrogens is 359 g/mol. The van der Waals surface area contributed by atoms with Gasteiger partial charge in [0.25, 0.3) is 0 Å². The summed E-state index contributed by atoms with van der Waals surface area (Å²) in [5, 5.41) is 0.0985. The molecule has 2 N–H and O–H groups in total. The zero-order chi connectivity index (χ0) is 16.1. The molecule has 0 radical (unpaired) electrons. The summed E-state index contributed by atoms with van der Waals surface area (Å²) in [6.07, 6.45) is 2.07.